The summed E-state index contributed by atoms with van der Waals surface area (Å²) in [6, 6.07) is 7.70. The van der Waals surface area contributed by atoms with E-state index in [1.165, 1.54) is 18.2 Å². The molecule has 2 nitrogen and oxygen atoms in total. The molecule has 0 N–H and O–H groups in total. The van der Waals surface area contributed by atoms with Gasteiger partial charge in [-0.3, -0.25) is 0 Å². The fourth-order valence-corrected chi connectivity index (χ4v) is 3.66. The number of oxime groups is 1. The lowest BCUT2D eigenvalue weighted by Crippen LogP contribution is -2.42. The van der Waals surface area contributed by atoms with Gasteiger partial charge in [-0.25, -0.2) is 4.39 Å². The number of hydrogen-bond acceptors (Lipinski definition) is 2. The van der Waals surface area contributed by atoms with E-state index in [-0.39, 0.29) is 32.2 Å². The molecule has 2 aromatic carbocycles. The second-order valence-corrected chi connectivity index (χ2v) is 7.16. The lowest BCUT2D eigenvalue weighted by molar-refractivity contribution is -0.275. The average Bonchev–Trinajstić information content (AvgIpc) is 3.00. The van der Waals surface area contributed by atoms with Gasteiger partial charge in [-0.1, -0.05) is 56.4 Å². The molecule has 0 aliphatic carbocycles. The van der Waals surface area contributed by atoms with Crippen LogP contribution < -0.4 is 0 Å². The van der Waals surface area contributed by atoms with Crippen LogP contribution in [0.15, 0.2) is 41.6 Å². The molecule has 0 amide bonds. The quantitative estimate of drug-likeness (QED) is 0.365. The second-order valence-electron chi connectivity index (χ2n) is 5.73. The van der Waals surface area contributed by atoms with Gasteiger partial charge in [0.25, 0.3) is 5.60 Å². The smallest absolute Gasteiger partial charge is 0.374 e. The van der Waals surface area contributed by atoms with Gasteiger partial charge in [-0.2, -0.15) is 13.2 Å². The van der Waals surface area contributed by atoms with E-state index in [0.29, 0.717) is 5.56 Å². The number of halogens is 7. The lowest BCUT2D eigenvalue weighted by atomic mass is 9.86. The summed E-state index contributed by atoms with van der Waals surface area (Å²) in [4.78, 5) is 4.88. The fourth-order valence-electron chi connectivity index (χ4n) is 2.68. The van der Waals surface area contributed by atoms with Crippen LogP contribution in [0.5, 0.6) is 0 Å². The summed E-state index contributed by atoms with van der Waals surface area (Å²) in [7, 11) is 0. The van der Waals surface area contributed by atoms with Crippen LogP contribution in [-0.2, 0) is 15.8 Å². The Morgan fingerprint density at radius 2 is 1.77 bits per heavy atom. The summed E-state index contributed by atoms with van der Waals surface area (Å²) in [5.41, 5.74) is -2.41. The largest absolute Gasteiger partial charge is 0.435 e. The Balaban J connectivity index is 2.02. The van der Waals surface area contributed by atoms with Crippen molar-refractivity contribution in [3.05, 3.63) is 69.0 Å². The highest BCUT2D eigenvalue weighted by Crippen LogP contribution is 2.49. The molecular weight excluding hydrogens is 461 g/mol. The first-order valence-electron chi connectivity index (χ1n) is 7.29. The van der Waals surface area contributed by atoms with Crippen LogP contribution in [-0.4, -0.2) is 11.9 Å². The summed E-state index contributed by atoms with van der Waals surface area (Å²) in [6.45, 7) is 0. The Morgan fingerprint density at radius 1 is 1.12 bits per heavy atom. The van der Waals surface area contributed by atoms with E-state index in [2.05, 4.69) is 21.1 Å². The molecule has 1 atom stereocenters. The van der Waals surface area contributed by atoms with Crippen molar-refractivity contribution in [3.8, 4) is 0 Å². The van der Waals surface area contributed by atoms with Crippen molar-refractivity contribution in [3.63, 3.8) is 0 Å². The van der Waals surface area contributed by atoms with E-state index >= 15 is 0 Å². The zero-order valence-electron chi connectivity index (χ0n) is 12.9. The van der Waals surface area contributed by atoms with Crippen LogP contribution >= 0.6 is 39.1 Å². The minimum Gasteiger partial charge on any atom is -0.374 e. The van der Waals surface area contributed by atoms with Crippen molar-refractivity contribution in [2.45, 2.75) is 23.5 Å². The van der Waals surface area contributed by atoms with Gasteiger partial charge in [0, 0.05) is 32.9 Å². The van der Waals surface area contributed by atoms with E-state index in [1.54, 1.807) is 0 Å². The number of benzene rings is 2. The molecule has 0 aromatic heterocycles. The summed E-state index contributed by atoms with van der Waals surface area (Å²) in [5, 5.41) is 3.96. The SMILES string of the molecule is Fc1cc(C2=NOC(c3cc(Cl)cc(Cl)c3)(C(F)(F)F)C2)ccc1CBr. The summed E-state index contributed by atoms with van der Waals surface area (Å²) >= 11 is 14.8. The minimum atomic E-state index is -4.79. The molecule has 1 aliphatic rings. The first-order chi connectivity index (χ1) is 12.2. The van der Waals surface area contributed by atoms with Crippen molar-refractivity contribution in [1.82, 2.24) is 0 Å². The maximum Gasteiger partial charge on any atom is 0.435 e. The predicted octanol–water partition coefficient (Wildman–Crippen LogP) is 6.61. The monoisotopic (exact) mass is 469 g/mol. The molecule has 0 radical (unpaired) electrons. The molecule has 2 aromatic rings. The van der Waals surface area contributed by atoms with Gasteiger partial charge < -0.3 is 4.84 Å². The molecular formula is C17H10BrCl2F4NO. The van der Waals surface area contributed by atoms with Gasteiger partial charge in [0.2, 0.25) is 0 Å². The first kappa shape index (κ1) is 19.5. The molecule has 1 heterocycles. The third-order valence-electron chi connectivity index (χ3n) is 4.05. The Kier molecular flexibility index (Phi) is 5.25. The maximum absolute atomic E-state index is 14.0. The van der Waals surface area contributed by atoms with Crippen molar-refractivity contribution in [2.75, 3.05) is 0 Å². The number of alkyl halides is 4. The molecule has 0 fully saturated rings. The lowest BCUT2D eigenvalue weighted by Gasteiger charge is -2.29. The molecule has 0 saturated carbocycles. The van der Waals surface area contributed by atoms with Gasteiger partial charge in [0.05, 0.1) is 5.71 Å². The molecule has 0 spiro atoms. The minimum absolute atomic E-state index is 0.0153. The first-order valence-corrected chi connectivity index (χ1v) is 9.17. The highest BCUT2D eigenvalue weighted by atomic mass is 79.9. The Labute approximate surface area is 164 Å². The summed E-state index contributed by atoms with van der Waals surface area (Å²) < 4.78 is 55.6. The molecule has 3 rings (SSSR count). The average molecular weight is 471 g/mol. The van der Waals surface area contributed by atoms with Crippen LogP contribution in [0.4, 0.5) is 17.6 Å². The standard InChI is InChI=1S/C17H10BrCl2F4NO/c18-8-10-2-1-9(3-14(10)21)15-7-16(26-25-15,17(22,23)24)11-4-12(19)6-13(20)5-11/h1-6H,7-8H2. The molecule has 0 bridgehead atoms. The Hall–Kier alpha value is -1.31. The van der Waals surface area contributed by atoms with Gasteiger partial charge in [0.15, 0.2) is 0 Å². The van der Waals surface area contributed by atoms with Gasteiger partial charge in [-0.05, 0) is 29.8 Å². The van der Waals surface area contributed by atoms with Crippen molar-refractivity contribution >= 4 is 44.8 Å². The third-order valence-corrected chi connectivity index (χ3v) is 5.09. The van der Waals surface area contributed by atoms with Crippen molar-refractivity contribution in [1.29, 1.82) is 0 Å². The zero-order valence-corrected chi connectivity index (χ0v) is 16.0. The maximum atomic E-state index is 14.0. The van der Waals surface area contributed by atoms with E-state index in [4.69, 9.17) is 28.0 Å². The van der Waals surface area contributed by atoms with E-state index in [9.17, 15) is 17.6 Å². The van der Waals surface area contributed by atoms with Crippen molar-refractivity contribution < 1.29 is 22.4 Å². The molecule has 0 saturated heterocycles. The number of hydrogen-bond donors (Lipinski definition) is 0. The second kappa shape index (κ2) is 7.02. The van der Waals surface area contributed by atoms with Crippen molar-refractivity contribution in [2.24, 2.45) is 5.16 Å². The molecule has 26 heavy (non-hydrogen) atoms. The van der Waals surface area contributed by atoms with Gasteiger partial charge >= 0.3 is 6.18 Å². The summed E-state index contributed by atoms with van der Waals surface area (Å²) in [5.74, 6) is -0.544. The van der Waals surface area contributed by atoms with Crippen LogP contribution in [0.25, 0.3) is 0 Å². The van der Waals surface area contributed by atoms with E-state index < -0.39 is 24.0 Å². The van der Waals surface area contributed by atoms with E-state index in [1.807, 2.05) is 0 Å². The number of rotatable bonds is 3. The topological polar surface area (TPSA) is 21.6 Å². The fraction of sp³-hybridized carbons (Fsp3) is 0.235. The van der Waals surface area contributed by atoms with Crippen LogP contribution in [0.2, 0.25) is 10.0 Å². The summed E-state index contributed by atoms with van der Waals surface area (Å²) in [6.07, 6.45) is -5.42. The molecule has 9 heteroatoms. The van der Waals surface area contributed by atoms with E-state index in [0.717, 1.165) is 18.2 Å². The van der Waals surface area contributed by atoms with Gasteiger partial charge in [-0.15, -0.1) is 0 Å². The van der Waals surface area contributed by atoms with Crippen LogP contribution in [0, 0.1) is 5.82 Å². The third kappa shape index (κ3) is 3.44. The van der Waals surface area contributed by atoms with Gasteiger partial charge in [0.1, 0.15) is 5.82 Å². The molecule has 1 aliphatic heterocycles. The highest BCUT2D eigenvalue weighted by Gasteiger charge is 2.62. The zero-order chi connectivity index (χ0) is 19.1. The predicted molar refractivity (Wildman–Crippen MR) is 95.5 cm³/mol. The Bertz CT molecular complexity index is 867. The number of nitrogens with zero attached hydrogens (tertiary/aromatic N) is 1. The van der Waals surface area contributed by atoms with Crippen LogP contribution in [0.3, 0.4) is 0 Å². The Morgan fingerprint density at radius 3 is 2.31 bits per heavy atom. The molecule has 138 valence electrons. The highest BCUT2D eigenvalue weighted by molar-refractivity contribution is 9.08. The normalized spacial score (nSPS) is 20.0. The van der Waals surface area contributed by atoms with Crippen LogP contribution in [0.1, 0.15) is 23.1 Å². The molecule has 1 unspecified atom stereocenters.